The predicted octanol–water partition coefficient (Wildman–Crippen LogP) is 2.76. The van der Waals surface area contributed by atoms with Gasteiger partial charge in [0, 0.05) is 44.5 Å². The molecule has 28 heavy (non-hydrogen) atoms. The first-order chi connectivity index (χ1) is 13.5. The number of rotatable bonds is 6. The fourth-order valence-electron chi connectivity index (χ4n) is 3.18. The van der Waals surface area contributed by atoms with Crippen LogP contribution in [0.5, 0.6) is 0 Å². The summed E-state index contributed by atoms with van der Waals surface area (Å²) in [6.07, 6.45) is 4.37. The molecule has 0 unspecified atom stereocenters. The summed E-state index contributed by atoms with van der Waals surface area (Å²) in [5.74, 6) is 0.500. The number of aryl methyl sites for hydroxylation is 1. The van der Waals surface area contributed by atoms with Gasteiger partial charge in [0.15, 0.2) is 0 Å². The molecule has 1 fully saturated rings. The van der Waals surface area contributed by atoms with Gasteiger partial charge in [-0.3, -0.25) is 9.69 Å². The summed E-state index contributed by atoms with van der Waals surface area (Å²) in [6.45, 7) is 10.3. The molecule has 2 aromatic rings. The van der Waals surface area contributed by atoms with Crippen molar-refractivity contribution < 1.29 is 4.79 Å². The average molecular weight is 380 g/mol. The Balaban J connectivity index is 1.56. The number of carbonyl (C=O) groups is 1. The normalized spacial score (nSPS) is 15.4. The number of anilines is 1. The van der Waals surface area contributed by atoms with Crippen molar-refractivity contribution in [1.29, 1.82) is 0 Å². The van der Waals surface area contributed by atoms with Gasteiger partial charge in [0.1, 0.15) is 5.69 Å². The van der Waals surface area contributed by atoms with Crippen molar-refractivity contribution in [2.45, 2.75) is 26.8 Å². The lowest BCUT2D eigenvalue weighted by atomic mass is 10.2. The lowest BCUT2D eigenvalue weighted by Gasteiger charge is -2.34. The van der Waals surface area contributed by atoms with Crippen LogP contribution in [-0.2, 0) is 0 Å². The zero-order chi connectivity index (χ0) is 19.9. The van der Waals surface area contributed by atoms with Crippen molar-refractivity contribution in [3.63, 3.8) is 0 Å². The summed E-state index contributed by atoms with van der Waals surface area (Å²) in [4.78, 5) is 25.9. The largest absolute Gasteiger partial charge is 0.349 e. The zero-order valence-electron chi connectivity index (χ0n) is 16.9. The minimum absolute atomic E-state index is 0.0821. The number of amides is 1. The standard InChI is InChI=1S/C22H29N5O/c1-17(2)23-21(28)20-16-18(3)24-22(25-20)27-14-12-26(13-15-27)11-7-10-19-8-5-4-6-9-19/h4-10,16-17H,11-15H2,1-3H3,(H,23,28)/b10-7+. The van der Waals surface area contributed by atoms with Crippen molar-refractivity contribution in [1.82, 2.24) is 20.2 Å². The van der Waals surface area contributed by atoms with Gasteiger partial charge in [0.05, 0.1) is 0 Å². The monoisotopic (exact) mass is 379 g/mol. The second-order valence-corrected chi connectivity index (χ2v) is 7.42. The highest BCUT2D eigenvalue weighted by Gasteiger charge is 2.20. The first-order valence-electron chi connectivity index (χ1n) is 9.86. The molecule has 3 rings (SSSR count). The highest BCUT2D eigenvalue weighted by molar-refractivity contribution is 5.92. The van der Waals surface area contributed by atoms with Crippen molar-refractivity contribution >= 4 is 17.9 Å². The van der Waals surface area contributed by atoms with Gasteiger partial charge in [-0.25, -0.2) is 9.97 Å². The fourth-order valence-corrected chi connectivity index (χ4v) is 3.18. The van der Waals surface area contributed by atoms with Crippen LogP contribution in [0, 0.1) is 6.92 Å². The third-order valence-electron chi connectivity index (χ3n) is 4.62. The summed E-state index contributed by atoms with van der Waals surface area (Å²) in [5, 5.41) is 2.90. The molecule has 1 amide bonds. The molecule has 0 radical (unpaired) electrons. The lowest BCUT2D eigenvalue weighted by molar-refractivity contribution is 0.0938. The van der Waals surface area contributed by atoms with Gasteiger partial charge in [0.25, 0.3) is 5.91 Å². The molecular weight excluding hydrogens is 350 g/mol. The Morgan fingerprint density at radius 1 is 1.14 bits per heavy atom. The second-order valence-electron chi connectivity index (χ2n) is 7.42. The van der Waals surface area contributed by atoms with Crippen molar-refractivity contribution in [2.24, 2.45) is 0 Å². The summed E-state index contributed by atoms with van der Waals surface area (Å²) in [5.41, 5.74) is 2.47. The Labute approximate surface area is 167 Å². The number of hydrogen-bond donors (Lipinski definition) is 1. The van der Waals surface area contributed by atoms with E-state index in [2.05, 4.69) is 61.5 Å². The van der Waals surface area contributed by atoms with E-state index in [1.807, 2.05) is 26.8 Å². The van der Waals surface area contributed by atoms with Gasteiger partial charge in [-0.15, -0.1) is 0 Å². The van der Waals surface area contributed by atoms with Gasteiger partial charge in [0.2, 0.25) is 5.95 Å². The van der Waals surface area contributed by atoms with Crippen molar-refractivity contribution in [3.05, 3.63) is 59.4 Å². The Hall–Kier alpha value is -2.73. The highest BCUT2D eigenvalue weighted by atomic mass is 16.1. The van der Waals surface area contributed by atoms with Crippen LogP contribution in [0.15, 0.2) is 42.5 Å². The molecule has 1 aliphatic heterocycles. The maximum atomic E-state index is 12.3. The molecule has 0 spiro atoms. The third kappa shape index (κ3) is 5.63. The van der Waals surface area contributed by atoms with Gasteiger partial charge in [-0.2, -0.15) is 0 Å². The molecular formula is C22H29N5O. The average Bonchev–Trinajstić information content (AvgIpc) is 2.68. The SMILES string of the molecule is Cc1cc(C(=O)NC(C)C)nc(N2CCN(C/C=C/c3ccccc3)CC2)n1. The van der Waals surface area contributed by atoms with E-state index in [1.54, 1.807) is 6.07 Å². The first kappa shape index (κ1) is 20.0. The minimum Gasteiger partial charge on any atom is -0.349 e. The minimum atomic E-state index is -0.147. The summed E-state index contributed by atoms with van der Waals surface area (Å²) >= 11 is 0. The molecule has 0 saturated carbocycles. The second kappa shape index (κ2) is 9.46. The molecule has 1 aromatic heterocycles. The molecule has 1 aromatic carbocycles. The molecule has 6 nitrogen and oxygen atoms in total. The maximum Gasteiger partial charge on any atom is 0.270 e. The number of carbonyl (C=O) groups excluding carboxylic acids is 1. The molecule has 0 aliphatic carbocycles. The van der Waals surface area contributed by atoms with E-state index in [0.29, 0.717) is 11.6 Å². The van der Waals surface area contributed by atoms with Crippen LogP contribution in [0.1, 0.15) is 35.6 Å². The van der Waals surface area contributed by atoms with E-state index in [4.69, 9.17) is 0 Å². The van der Waals surface area contributed by atoms with Crippen LogP contribution in [0.2, 0.25) is 0 Å². The van der Waals surface area contributed by atoms with Gasteiger partial charge in [-0.05, 0) is 32.4 Å². The van der Waals surface area contributed by atoms with E-state index >= 15 is 0 Å². The topological polar surface area (TPSA) is 61.4 Å². The summed E-state index contributed by atoms with van der Waals surface area (Å²) in [7, 11) is 0. The van der Waals surface area contributed by atoms with Gasteiger partial charge in [-0.1, -0.05) is 42.5 Å². The van der Waals surface area contributed by atoms with E-state index in [9.17, 15) is 4.79 Å². The van der Waals surface area contributed by atoms with Crippen LogP contribution < -0.4 is 10.2 Å². The number of benzene rings is 1. The van der Waals surface area contributed by atoms with Crippen LogP contribution >= 0.6 is 0 Å². The lowest BCUT2D eigenvalue weighted by Crippen LogP contribution is -2.47. The van der Waals surface area contributed by atoms with Gasteiger partial charge < -0.3 is 10.2 Å². The predicted molar refractivity (Wildman–Crippen MR) is 114 cm³/mol. The molecule has 2 heterocycles. The zero-order valence-corrected chi connectivity index (χ0v) is 16.9. The molecule has 148 valence electrons. The Morgan fingerprint density at radius 3 is 2.54 bits per heavy atom. The smallest absolute Gasteiger partial charge is 0.270 e. The van der Waals surface area contributed by atoms with Crippen LogP contribution in [0.25, 0.3) is 6.08 Å². The molecule has 6 heteroatoms. The Morgan fingerprint density at radius 2 is 1.86 bits per heavy atom. The Kier molecular flexibility index (Phi) is 6.76. The quantitative estimate of drug-likeness (QED) is 0.836. The van der Waals surface area contributed by atoms with E-state index < -0.39 is 0 Å². The fraction of sp³-hybridized carbons (Fsp3) is 0.409. The maximum absolute atomic E-state index is 12.3. The number of aromatic nitrogens is 2. The van der Waals surface area contributed by atoms with Crippen LogP contribution in [-0.4, -0.2) is 59.5 Å². The molecule has 0 atom stereocenters. The number of nitrogens with zero attached hydrogens (tertiary/aromatic N) is 4. The Bertz CT molecular complexity index is 811. The molecule has 0 bridgehead atoms. The third-order valence-corrected chi connectivity index (χ3v) is 4.62. The number of piperazine rings is 1. The van der Waals surface area contributed by atoms with E-state index in [-0.39, 0.29) is 11.9 Å². The summed E-state index contributed by atoms with van der Waals surface area (Å²) < 4.78 is 0. The van der Waals surface area contributed by atoms with Crippen LogP contribution in [0.4, 0.5) is 5.95 Å². The first-order valence-corrected chi connectivity index (χ1v) is 9.86. The molecule has 1 saturated heterocycles. The van der Waals surface area contributed by atoms with Gasteiger partial charge >= 0.3 is 0 Å². The summed E-state index contributed by atoms with van der Waals surface area (Å²) in [6, 6.07) is 12.2. The van der Waals surface area contributed by atoms with E-state index in [0.717, 1.165) is 38.4 Å². The number of hydrogen-bond acceptors (Lipinski definition) is 5. The number of nitrogens with one attached hydrogen (secondary N) is 1. The van der Waals surface area contributed by atoms with Crippen molar-refractivity contribution in [2.75, 3.05) is 37.6 Å². The molecule has 1 N–H and O–H groups in total. The van der Waals surface area contributed by atoms with Crippen molar-refractivity contribution in [3.8, 4) is 0 Å². The van der Waals surface area contributed by atoms with E-state index in [1.165, 1.54) is 5.56 Å². The molecule has 1 aliphatic rings. The van der Waals surface area contributed by atoms with Crippen LogP contribution in [0.3, 0.4) is 0 Å². The highest BCUT2D eigenvalue weighted by Crippen LogP contribution is 2.14.